The van der Waals surface area contributed by atoms with Crippen molar-refractivity contribution < 1.29 is 24.4 Å². The molecule has 11 heteroatoms. The van der Waals surface area contributed by atoms with Crippen LogP contribution in [0, 0.1) is 0 Å². The molecule has 1 aliphatic rings. The minimum absolute atomic E-state index is 0.0342. The van der Waals surface area contributed by atoms with Crippen molar-refractivity contribution in [2.75, 3.05) is 19.5 Å². The summed E-state index contributed by atoms with van der Waals surface area (Å²) in [4.78, 5) is 12.5. The lowest BCUT2D eigenvalue weighted by Crippen LogP contribution is -2.34. The number of rotatable bonds is 5. The molecule has 1 saturated heterocycles. The summed E-state index contributed by atoms with van der Waals surface area (Å²) < 4.78 is 18.9. The molecule has 1 fully saturated rings. The predicted octanol–water partition coefficient (Wildman–Crippen LogP) is 1.92. The first-order valence-corrected chi connectivity index (χ1v) is 10.2. The van der Waals surface area contributed by atoms with Gasteiger partial charge in [-0.05, 0) is 18.2 Å². The summed E-state index contributed by atoms with van der Waals surface area (Å²) in [6.45, 7) is -0.0342. The Morgan fingerprint density at radius 2 is 1.97 bits per heavy atom. The number of hydrogen-bond acceptors (Lipinski definition) is 9. The highest BCUT2D eigenvalue weighted by Gasteiger charge is 2.44. The molecule has 166 valence electrons. The molecule has 0 bridgehead atoms. The first kappa shape index (κ1) is 20.7. The summed E-state index contributed by atoms with van der Waals surface area (Å²) in [5.74, 6) is 1.19. The lowest BCUT2D eigenvalue weighted by Gasteiger charge is -2.18. The van der Waals surface area contributed by atoms with Gasteiger partial charge in [0.25, 0.3) is 0 Å². The van der Waals surface area contributed by atoms with Crippen LogP contribution < -0.4 is 15.2 Å². The molecule has 4 aromatic rings. The lowest BCUT2D eigenvalue weighted by molar-refractivity contribution is -0.0473. The topological polar surface area (TPSA) is 138 Å². The Balaban J connectivity index is 1.38. The highest BCUT2D eigenvalue weighted by molar-refractivity contribution is 6.35. The molecule has 4 N–H and O–H groups in total. The van der Waals surface area contributed by atoms with E-state index in [1.54, 1.807) is 41.2 Å². The quantitative estimate of drug-likeness (QED) is 0.410. The number of nitrogens with zero attached hydrogens (tertiary/aromatic N) is 4. The molecule has 4 heterocycles. The number of ether oxygens (including phenoxy) is 3. The Labute approximate surface area is 187 Å². The van der Waals surface area contributed by atoms with Gasteiger partial charge in [-0.1, -0.05) is 11.6 Å². The molecular formula is C21H20ClN5O5. The maximum absolute atomic E-state index is 10.6. The van der Waals surface area contributed by atoms with Crippen LogP contribution in [-0.2, 0) is 4.74 Å². The number of aliphatic hydroxyl groups is 2. The Bertz CT molecular complexity index is 1300. The molecule has 0 radical (unpaired) electrons. The van der Waals surface area contributed by atoms with Crippen molar-refractivity contribution in [1.82, 2.24) is 19.5 Å². The van der Waals surface area contributed by atoms with Gasteiger partial charge in [0.05, 0.1) is 23.0 Å². The average Bonchev–Trinajstić information content (AvgIpc) is 3.34. The summed E-state index contributed by atoms with van der Waals surface area (Å²) in [5, 5.41) is 23.1. The van der Waals surface area contributed by atoms with Gasteiger partial charge in [0, 0.05) is 23.8 Å². The number of hydrogen-bond donors (Lipinski definition) is 3. The summed E-state index contributed by atoms with van der Waals surface area (Å²) in [6, 6.07) is 6.86. The summed E-state index contributed by atoms with van der Waals surface area (Å²) in [6.07, 6.45) is 0.553. The zero-order valence-corrected chi connectivity index (χ0v) is 17.7. The lowest BCUT2D eigenvalue weighted by atomic mass is 10.1. The van der Waals surface area contributed by atoms with Crippen LogP contribution in [0.15, 0.2) is 43.0 Å². The number of nitrogen functional groups attached to an aromatic ring is 1. The molecular weight excluding hydrogens is 438 g/mol. The second-order valence-corrected chi connectivity index (χ2v) is 7.80. The number of fused-ring (bicyclic) bond motifs is 2. The van der Waals surface area contributed by atoms with Gasteiger partial charge in [0.1, 0.15) is 42.7 Å². The van der Waals surface area contributed by atoms with Gasteiger partial charge in [0.15, 0.2) is 17.7 Å². The standard InChI is InChI=1S/C21H20ClN5O5/c1-30-14-6-11-12(22)2-4-24-13(11)7-15(14)31-8-16-17(28)18(29)21(32-16)27-5-3-10-19(23)25-9-26-20(10)27/h2-7,9,16-18,21,28-29H,8H2,1H3,(H2,23,25,26)/t16-,17-,18-,21-/m1/s1. The summed E-state index contributed by atoms with van der Waals surface area (Å²) in [5.41, 5.74) is 7.01. The largest absolute Gasteiger partial charge is 0.493 e. The molecule has 10 nitrogen and oxygen atoms in total. The van der Waals surface area contributed by atoms with Crippen molar-refractivity contribution in [2.45, 2.75) is 24.5 Å². The number of pyridine rings is 1. The van der Waals surface area contributed by atoms with E-state index in [2.05, 4.69) is 15.0 Å². The molecule has 32 heavy (non-hydrogen) atoms. The highest BCUT2D eigenvalue weighted by atomic mass is 35.5. The monoisotopic (exact) mass is 457 g/mol. The van der Waals surface area contributed by atoms with E-state index in [1.807, 2.05) is 0 Å². The van der Waals surface area contributed by atoms with Crippen LogP contribution in [0.25, 0.3) is 21.9 Å². The second kappa shape index (κ2) is 8.06. The van der Waals surface area contributed by atoms with E-state index in [4.69, 9.17) is 31.5 Å². The van der Waals surface area contributed by atoms with E-state index < -0.39 is 24.5 Å². The van der Waals surface area contributed by atoms with Crippen LogP contribution in [0.3, 0.4) is 0 Å². The number of methoxy groups -OCH3 is 1. The van der Waals surface area contributed by atoms with Crippen molar-refractivity contribution >= 4 is 39.4 Å². The van der Waals surface area contributed by atoms with Crippen molar-refractivity contribution in [3.63, 3.8) is 0 Å². The third kappa shape index (κ3) is 3.37. The third-order valence-corrected chi connectivity index (χ3v) is 5.86. The minimum Gasteiger partial charge on any atom is -0.493 e. The Morgan fingerprint density at radius 1 is 1.12 bits per heavy atom. The molecule has 0 amide bonds. The summed E-state index contributed by atoms with van der Waals surface area (Å²) >= 11 is 6.23. The maximum Gasteiger partial charge on any atom is 0.164 e. The van der Waals surface area contributed by atoms with Gasteiger partial charge in [0.2, 0.25) is 0 Å². The van der Waals surface area contributed by atoms with Crippen molar-refractivity contribution in [2.24, 2.45) is 0 Å². The fourth-order valence-electron chi connectivity index (χ4n) is 3.86. The molecule has 3 aromatic heterocycles. The van der Waals surface area contributed by atoms with Gasteiger partial charge < -0.3 is 34.7 Å². The van der Waals surface area contributed by atoms with E-state index in [9.17, 15) is 10.2 Å². The van der Waals surface area contributed by atoms with Gasteiger partial charge in [-0.2, -0.15) is 0 Å². The average molecular weight is 458 g/mol. The van der Waals surface area contributed by atoms with Crippen LogP contribution >= 0.6 is 11.6 Å². The zero-order valence-electron chi connectivity index (χ0n) is 16.9. The molecule has 0 unspecified atom stereocenters. The Hall–Kier alpha value is -3.18. The van der Waals surface area contributed by atoms with Crippen LogP contribution in [0.5, 0.6) is 11.5 Å². The highest BCUT2D eigenvalue weighted by Crippen LogP contribution is 2.36. The molecule has 1 aliphatic heterocycles. The first-order valence-electron chi connectivity index (χ1n) is 9.81. The van der Waals surface area contributed by atoms with E-state index in [-0.39, 0.29) is 6.61 Å². The maximum atomic E-state index is 10.6. The number of aliphatic hydroxyl groups excluding tert-OH is 2. The number of halogens is 1. The molecule has 0 aliphatic carbocycles. The van der Waals surface area contributed by atoms with E-state index >= 15 is 0 Å². The number of nitrogens with two attached hydrogens (primary N) is 1. The first-order chi connectivity index (χ1) is 15.5. The third-order valence-electron chi connectivity index (χ3n) is 5.53. The molecule has 1 aromatic carbocycles. The van der Waals surface area contributed by atoms with Gasteiger partial charge in [-0.3, -0.25) is 4.98 Å². The Morgan fingerprint density at radius 3 is 2.78 bits per heavy atom. The zero-order chi connectivity index (χ0) is 22.4. The van der Waals surface area contributed by atoms with Gasteiger partial charge >= 0.3 is 0 Å². The van der Waals surface area contributed by atoms with Crippen molar-refractivity contribution in [3.8, 4) is 11.5 Å². The fraction of sp³-hybridized carbons (Fsp3) is 0.286. The number of aromatic nitrogens is 4. The van der Waals surface area contributed by atoms with E-state index in [0.29, 0.717) is 38.9 Å². The minimum atomic E-state index is -1.20. The predicted molar refractivity (Wildman–Crippen MR) is 117 cm³/mol. The van der Waals surface area contributed by atoms with Gasteiger partial charge in [-0.25, -0.2) is 9.97 Å². The Kier molecular flexibility index (Phi) is 5.22. The van der Waals surface area contributed by atoms with E-state index in [1.165, 1.54) is 13.4 Å². The van der Waals surface area contributed by atoms with Crippen LogP contribution in [0.1, 0.15) is 6.23 Å². The number of anilines is 1. The van der Waals surface area contributed by atoms with Crippen LogP contribution in [-0.4, -0.2) is 61.8 Å². The van der Waals surface area contributed by atoms with Gasteiger partial charge in [-0.15, -0.1) is 0 Å². The van der Waals surface area contributed by atoms with E-state index in [0.717, 1.165) is 5.39 Å². The van der Waals surface area contributed by atoms with Crippen LogP contribution in [0.2, 0.25) is 5.02 Å². The van der Waals surface area contributed by atoms with Crippen molar-refractivity contribution in [3.05, 3.63) is 48.0 Å². The normalized spacial score (nSPS) is 23.1. The second-order valence-electron chi connectivity index (χ2n) is 7.39. The SMILES string of the molecule is COc1cc2c(Cl)ccnc2cc1OC[C@H]1O[C@@H](n2ccc3c(N)ncnc32)[C@H](O)[C@@H]1O. The smallest absolute Gasteiger partial charge is 0.164 e. The molecule has 0 saturated carbocycles. The molecule has 4 atom stereocenters. The molecule has 5 rings (SSSR count). The fourth-order valence-corrected chi connectivity index (χ4v) is 4.06. The van der Waals surface area contributed by atoms with Crippen molar-refractivity contribution in [1.29, 1.82) is 0 Å². The van der Waals surface area contributed by atoms with Crippen LogP contribution in [0.4, 0.5) is 5.82 Å². The molecule has 0 spiro atoms. The summed E-state index contributed by atoms with van der Waals surface area (Å²) in [7, 11) is 1.52. The number of benzene rings is 1.